The number of carbonyl (C=O) groups excluding carboxylic acids is 1. The first-order chi connectivity index (χ1) is 15.2. The van der Waals surface area contributed by atoms with E-state index in [9.17, 15) is 9.90 Å². The van der Waals surface area contributed by atoms with Crippen molar-refractivity contribution >= 4 is 6.09 Å². The summed E-state index contributed by atoms with van der Waals surface area (Å²) >= 11 is 0. The van der Waals surface area contributed by atoms with Gasteiger partial charge in [-0.05, 0) is 34.4 Å². The van der Waals surface area contributed by atoms with E-state index in [2.05, 4.69) is 24.3 Å². The predicted octanol–water partition coefficient (Wildman–Crippen LogP) is 4.35. The number of aliphatic hydroxyl groups is 1. The minimum Gasteiger partial charge on any atom is -0.467 e. The van der Waals surface area contributed by atoms with Gasteiger partial charge in [0.05, 0.1) is 25.5 Å². The van der Waals surface area contributed by atoms with Gasteiger partial charge in [0.1, 0.15) is 18.5 Å². The van der Waals surface area contributed by atoms with E-state index >= 15 is 0 Å². The Morgan fingerprint density at radius 2 is 1.77 bits per heavy atom. The molecule has 1 N–H and O–H groups in total. The van der Waals surface area contributed by atoms with E-state index in [0.29, 0.717) is 31.9 Å². The van der Waals surface area contributed by atoms with Gasteiger partial charge in [0.2, 0.25) is 0 Å². The molecule has 1 aromatic heterocycles. The molecular formula is C25H25NO5. The van der Waals surface area contributed by atoms with Crippen LogP contribution in [0, 0.1) is 0 Å². The van der Waals surface area contributed by atoms with Crippen LogP contribution >= 0.6 is 0 Å². The van der Waals surface area contributed by atoms with Gasteiger partial charge in [-0.2, -0.15) is 0 Å². The summed E-state index contributed by atoms with van der Waals surface area (Å²) in [7, 11) is 0. The standard InChI is InChI=1S/C25H25NO5/c27-23(24-10-5-12-30-24)14-17-15-29-13-11-26(17)25(28)31-16-22-20-8-3-1-6-18(20)19-7-2-4-9-21(19)22/h1-10,12,17,22-23,27H,11,13-16H2. The van der Waals surface area contributed by atoms with Crippen LogP contribution in [-0.4, -0.2) is 48.5 Å². The molecule has 2 unspecified atom stereocenters. The van der Waals surface area contributed by atoms with Crippen molar-refractivity contribution < 1.29 is 23.8 Å². The molecule has 6 heteroatoms. The van der Waals surface area contributed by atoms with Gasteiger partial charge in [-0.25, -0.2) is 4.79 Å². The highest BCUT2D eigenvalue weighted by molar-refractivity contribution is 5.79. The number of carbonyl (C=O) groups is 1. The topological polar surface area (TPSA) is 72.1 Å². The Morgan fingerprint density at radius 3 is 2.45 bits per heavy atom. The molecule has 1 amide bonds. The molecule has 160 valence electrons. The average Bonchev–Trinajstić information content (AvgIpc) is 3.45. The number of fused-ring (bicyclic) bond motifs is 3. The molecule has 2 atom stereocenters. The summed E-state index contributed by atoms with van der Waals surface area (Å²) in [6.45, 7) is 1.53. The minimum atomic E-state index is -0.800. The summed E-state index contributed by atoms with van der Waals surface area (Å²) in [5, 5.41) is 10.5. The van der Waals surface area contributed by atoms with Crippen LogP contribution in [0.1, 0.15) is 35.3 Å². The molecule has 3 aromatic rings. The number of hydrogen-bond acceptors (Lipinski definition) is 5. The van der Waals surface area contributed by atoms with Crippen LogP contribution in [-0.2, 0) is 9.47 Å². The summed E-state index contributed by atoms with van der Waals surface area (Å²) < 4.78 is 16.7. The Bertz CT molecular complexity index is 1000. The maximum absolute atomic E-state index is 13.0. The highest BCUT2D eigenvalue weighted by atomic mass is 16.6. The van der Waals surface area contributed by atoms with Gasteiger partial charge in [-0.1, -0.05) is 48.5 Å². The van der Waals surface area contributed by atoms with Crippen LogP contribution < -0.4 is 0 Å². The van der Waals surface area contributed by atoms with Crippen molar-refractivity contribution in [1.29, 1.82) is 0 Å². The predicted molar refractivity (Wildman–Crippen MR) is 115 cm³/mol. The first-order valence-electron chi connectivity index (χ1n) is 10.6. The minimum absolute atomic E-state index is 0.0181. The van der Waals surface area contributed by atoms with Crippen LogP contribution in [0.5, 0.6) is 0 Å². The number of nitrogens with zero attached hydrogens (tertiary/aromatic N) is 1. The molecule has 0 radical (unpaired) electrons. The van der Waals surface area contributed by atoms with Crippen LogP contribution in [0.3, 0.4) is 0 Å². The molecule has 1 fully saturated rings. The third-order valence-corrected chi connectivity index (χ3v) is 6.17. The van der Waals surface area contributed by atoms with Crippen molar-refractivity contribution in [3.8, 4) is 11.1 Å². The molecule has 5 rings (SSSR count). The lowest BCUT2D eigenvalue weighted by Gasteiger charge is -2.35. The SMILES string of the molecule is O=C(OCC1c2ccccc2-c2ccccc21)N1CCOCC1CC(O)c1ccco1. The van der Waals surface area contributed by atoms with Crippen molar-refractivity contribution in [3.63, 3.8) is 0 Å². The fraction of sp³-hybridized carbons (Fsp3) is 0.320. The molecule has 0 saturated carbocycles. The molecule has 1 saturated heterocycles. The molecular weight excluding hydrogens is 394 g/mol. The molecule has 2 aromatic carbocycles. The number of morpholine rings is 1. The zero-order valence-corrected chi connectivity index (χ0v) is 17.1. The average molecular weight is 419 g/mol. The number of ether oxygens (including phenoxy) is 2. The fourth-order valence-electron chi connectivity index (χ4n) is 4.62. The van der Waals surface area contributed by atoms with Crippen LogP contribution in [0.15, 0.2) is 71.3 Å². The highest BCUT2D eigenvalue weighted by Gasteiger charge is 2.33. The van der Waals surface area contributed by atoms with Gasteiger partial charge in [-0.3, -0.25) is 0 Å². The van der Waals surface area contributed by atoms with Crippen LogP contribution in [0.2, 0.25) is 0 Å². The van der Waals surface area contributed by atoms with Crippen molar-refractivity contribution in [2.24, 2.45) is 0 Å². The summed E-state index contributed by atoms with van der Waals surface area (Å²) in [6, 6.07) is 19.7. The van der Waals surface area contributed by atoms with E-state index in [1.807, 2.05) is 24.3 Å². The Kier molecular flexibility index (Phi) is 5.49. The van der Waals surface area contributed by atoms with Crippen molar-refractivity contribution in [2.75, 3.05) is 26.4 Å². The Morgan fingerprint density at radius 1 is 1.06 bits per heavy atom. The van der Waals surface area contributed by atoms with E-state index in [-0.39, 0.29) is 24.7 Å². The normalized spacial score (nSPS) is 19.0. The zero-order chi connectivity index (χ0) is 21.2. The highest BCUT2D eigenvalue weighted by Crippen LogP contribution is 2.44. The Balaban J connectivity index is 1.28. The number of amides is 1. The van der Waals surface area contributed by atoms with Gasteiger partial charge in [-0.15, -0.1) is 0 Å². The van der Waals surface area contributed by atoms with Crippen LogP contribution in [0.25, 0.3) is 11.1 Å². The molecule has 31 heavy (non-hydrogen) atoms. The van der Waals surface area contributed by atoms with E-state index in [1.54, 1.807) is 17.0 Å². The monoisotopic (exact) mass is 419 g/mol. The fourth-order valence-corrected chi connectivity index (χ4v) is 4.62. The van der Waals surface area contributed by atoms with Gasteiger partial charge in [0, 0.05) is 18.9 Å². The summed E-state index contributed by atoms with van der Waals surface area (Å²) in [5.41, 5.74) is 4.77. The second-order valence-corrected chi connectivity index (χ2v) is 7.99. The van der Waals surface area contributed by atoms with E-state index in [0.717, 1.165) is 0 Å². The number of rotatable bonds is 5. The molecule has 1 aliphatic carbocycles. The molecule has 6 nitrogen and oxygen atoms in total. The van der Waals surface area contributed by atoms with E-state index < -0.39 is 6.10 Å². The van der Waals surface area contributed by atoms with Crippen LogP contribution in [0.4, 0.5) is 4.79 Å². The summed E-state index contributed by atoms with van der Waals surface area (Å²) in [6.07, 6.45) is 0.684. The summed E-state index contributed by atoms with van der Waals surface area (Å²) in [5.74, 6) is 0.502. The molecule has 2 aliphatic rings. The Labute approximate surface area is 181 Å². The number of furan rings is 1. The largest absolute Gasteiger partial charge is 0.467 e. The summed E-state index contributed by atoms with van der Waals surface area (Å²) in [4.78, 5) is 14.7. The third-order valence-electron chi connectivity index (χ3n) is 6.17. The van der Waals surface area contributed by atoms with Crippen molar-refractivity contribution in [1.82, 2.24) is 4.90 Å². The molecule has 2 heterocycles. The number of aliphatic hydroxyl groups excluding tert-OH is 1. The lowest BCUT2D eigenvalue weighted by molar-refractivity contribution is -0.0270. The van der Waals surface area contributed by atoms with Gasteiger partial charge < -0.3 is 23.9 Å². The number of hydrogen-bond donors (Lipinski definition) is 1. The number of benzene rings is 2. The lowest BCUT2D eigenvalue weighted by atomic mass is 9.98. The maximum atomic E-state index is 13.0. The van der Waals surface area contributed by atoms with Crippen molar-refractivity contribution in [2.45, 2.75) is 24.5 Å². The smallest absolute Gasteiger partial charge is 0.410 e. The molecule has 1 aliphatic heterocycles. The van der Waals surface area contributed by atoms with Crippen molar-refractivity contribution in [3.05, 3.63) is 83.8 Å². The molecule has 0 spiro atoms. The quantitative estimate of drug-likeness (QED) is 0.666. The first kappa shape index (κ1) is 19.8. The third kappa shape index (κ3) is 3.84. The Hall–Kier alpha value is -3.09. The first-order valence-corrected chi connectivity index (χ1v) is 10.6. The van der Waals surface area contributed by atoms with E-state index in [4.69, 9.17) is 13.9 Å². The lowest BCUT2D eigenvalue weighted by Crippen LogP contribution is -2.49. The zero-order valence-electron chi connectivity index (χ0n) is 17.1. The second kappa shape index (κ2) is 8.57. The second-order valence-electron chi connectivity index (χ2n) is 7.99. The maximum Gasteiger partial charge on any atom is 0.410 e. The van der Waals surface area contributed by atoms with E-state index in [1.165, 1.54) is 28.5 Å². The molecule has 0 bridgehead atoms. The van der Waals surface area contributed by atoms with Gasteiger partial charge in [0.15, 0.2) is 0 Å². The van der Waals surface area contributed by atoms with Gasteiger partial charge >= 0.3 is 6.09 Å². The van der Waals surface area contributed by atoms with Gasteiger partial charge in [0.25, 0.3) is 0 Å².